The molecule has 0 bridgehead atoms. The Bertz CT molecular complexity index is 1270. The number of imide groups is 2. The van der Waals surface area contributed by atoms with E-state index >= 15 is 0 Å². The Morgan fingerprint density at radius 2 is 1.94 bits per heavy atom. The number of ether oxygens (including phenoxy) is 2. The van der Waals surface area contributed by atoms with E-state index < -0.39 is 40.8 Å². The van der Waals surface area contributed by atoms with Gasteiger partial charge < -0.3 is 9.47 Å². The highest BCUT2D eigenvalue weighted by atomic mass is 79.9. The second kappa shape index (κ2) is 9.79. The summed E-state index contributed by atoms with van der Waals surface area (Å²) in [6, 6.07) is 3.82. The lowest BCUT2D eigenvalue weighted by atomic mass is 10.1. The molecule has 7 nitrogen and oxygen atoms in total. The summed E-state index contributed by atoms with van der Waals surface area (Å²) in [5.74, 6) is 0.578. The first-order valence-electron chi connectivity index (χ1n) is 9.20. The maximum Gasteiger partial charge on any atom is 0.416 e. The van der Waals surface area contributed by atoms with Crippen LogP contribution in [0, 0.1) is 12.3 Å². The molecule has 0 saturated carbocycles. The van der Waals surface area contributed by atoms with Gasteiger partial charge in [-0.2, -0.15) is 13.2 Å². The van der Waals surface area contributed by atoms with E-state index in [4.69, 9.17) is 27.5 Å². The van der Waals surface area contributed by atoms with Gasteiger partial charge in [0.15, 0.2) is 11.5 Å². The molecule has 0 atom stereocenters. The number of hydrogen-bond acceptors (Lipinski definition) is 5. The van der Waals surface area contributed by atoms with Gasteiger partial charge in [-0.05, 0) is 57.9 Å². The van der Waals surface area contributed by atoms with Gasteiger partial charge in [-0.1, -0.05) is 17.5 Å². The topological polar surface area (TPSA) is 84.9 Å². The number of nitrogens with one attached hydrogen (secondary N) is 1. The van der Waals surface area contributed by atoms with Crippen LogP contribution in [0.5, 0.6) is 11.5 Å². The van der Waals surface area contributed by atoms with Crippen molar-refractivity contribution in [3.63, 3.8) is 0 Å². The molecule has 1 heterocycles. The van der Waals surface area contributed by atoms with E-state index in [0.717, 1.165) is 12.1 Å². The molecule has 176 valence electrons. The molecule has 2 aromatic carbocycles. The highest BCUT2D eigenvalue weighted by Crippen LogP contribution is 2.39. The van der Waals surface area contributed by atoms with Crippen molar-refractivity contribution >= 4 is 57.1 Å². The zero-order valence-corrected chi connectivity index (χ0v) is 19.5. The Labute approximate surface area is 204 Å². The molecule has 4 amide bonds. The summed E-state index contributed by atoms with van der Waals surface area (Å²) in [4.78, 5) is 38.2. The normalized spacial score (nSPS) is 15.3. The van der Waals surface area contributed by atoms with Crippen LogP contribution in [0.3, 0.4) is 0 Å². The number of anilines is 1. The van der Waals surface area contributed by atoms with Crippen LogP contribution in [0.4, 0.5) is 23.7 Å². The van der Waals surface area contributed by atoms with Crippen molar-refractivity contribution in [2.75, 3.05) is 18.6 Å². The molecule has 2 aromatic rings. The molecular formula is C22H13BrClF3N2O5. The number of benzene rings is 2. The number of urea groups is 1. The Morgan fingerprint density at radius 1 is 1.24 bits per heavy atom. The molecule has 0 spiro atoms. The summed E-state index contributed by atoms with van der Waals surface area (Å²) in [5.41, 5.74) is -1.92. The number of rotatable bonds is 5. The predicted molar refractivity (Wildman–Crippen MR) is 120 cm³/mol. The van der Waals surface area contributed by atoms with Gasteiger partial charge in [-0.15, -0.1) is 6.42 Å². The zero-order chi connectivity index (χ0) is 25.2. The second-order valence-corrected chi connectivity index (χ2v) is 7.91. The van der Waals surface area contributed by atoms with Crippen LogP contribution in [-0.4, -0.2) is 31.6 Å². The van der Waals surface area contributed by atoms with Crippen molar-refractivity contribution in [3.05, 3.63) is 56.5 Å². The first-order valence-corrected chi connectivity index (χ1v) is 10.4. The number of alkyl halides is 3. The van der Waals surface area contributed by atoms with Crippen LogP contribution >= 0.6 is 27.5 Å². The fraction of sp³-hybridized carbons (Fsp3) is 0.136. The van der Waals surface area contributed by atoms with Gasteiger partial charge >= 0.3 is 12.2 Å². The van der Waals surface area contributed by atoms with Crippen LogP contribution in [0.25, 0.3) is 6.08 Å². The SMILES string of the molecule is C#CCOc1c(Br)cc(/C=C2/C(=O)NC(=O)N(c3cc(C(F)(F)F)ccc3Cl)C2=O)cc1OC. The average Bonchev–Trinajstić information content (AvgIpc) is 2.75. The largest absolute Gasteiger partial charge is 0.493 e. The minimum absolute atomic E-state index is 0.0505. The lowest BCUT2D eigenvalue weighted by molar-refractivity contribution is -0.137. The zero-order valence-electron chi connectivity index (χ0n) is 17.1. The van der Waals surface area contributed by atoms with Crippen molar-refractivity contribution in [1.29, 1.82) is 0 Å². The summed E-state index contributed by atoms with van der Waals surface area (Å²) in [5, 5.41) is 1.62. The number of hydrogen-bond donors (Lipinski definition) is 1. The molecule has 0 radical (unpaired) electrons. The van der Waals surface area contributed by atoms with Crippen molar-refractivity contribution in [2.24, 2.45) is 0 Å². The molecule has 0 aromatic heterocycles. The van der Waals surface area contributed by atoms with E-state index in [-0.39, 0.29) is 28.7 Å². The smallest absolute Gasteiger partial charge is 0.416 e. The molecule has 3 rings (SSSR count). The molecule has 0 unspecified atom stereocenters. The number of halogens is 5. The standard InChI is InChI=1S/C22H13BrClF3N2O5/c1-3-6-34-18-14(23)8-11(9-17(18)33-2)7-13-19(30)28-21(32)29(20(13)31)16-10-12(22(25,26)27)4-5-15(16)24/h1,4-5,7-10H,6H2,2H3,(H,28,30,32)/b13-7-. The molecule has 1 N–H and O–H groups in total. The third kappa shape index (κ3) is 5.03. The molecule has 34 heavy (non-hydrogen) atoms. The van der Waals surface area contributed by atoms with E-state index in [1.54, 1.807) is 0 Å². The second-order valence-electron chi connectivity index (χ2n) is 6.65. The minimum atomic E-state index is -4.75. The van der Waals surface area contributed by atoms with Gasteiger partial charge in [-0.25, -0.2) is 9.69 Å². The quantitative estimate of drug-likeness (QED) is 0.324. The molecule has 1 fully saturated rings. The van der Waals surface area contributed by atoms with Crippen LogP contribution in [0.2, 0.25) is 5.02 Å². The summed E-state index contributed by atoms with van der Waals surface area (Å²) in [7, 11) is 1.36. The maximum atomic E-state index is 13.2. The number of amides is 4. The number of barbiturate groups is 1. The van der Waals surface area contributed by atoms with E-state index in [9.17, 15) is 27.6 Å². The number of terminal acetylenes is 1. The molecule has 1 aliphatic heterocycles. The van der Waals surface area contributed by atoms with Crippen LogP contribution < -0.4 is 19.7 Å². The van der Waals surface area contributed by atoms with Crippen LogP contribution in [-0.2, 0) is 15.8 Å². The lowest BCUT2D eigenvalue weighted by Gasteiger charge is -2.27. The lowest BCUT2D eigenvalue weighted by Crippen LogP contribution is -2.54. The number of nitrogens with zero attached hydrogens (tertiary/aromatic N) is 1. The molecular weight excluding hydrogens is 545 g/mol. The fourth-order valence-corrected chi connectivity index (χ4v) is 3.76. The van der Waals surface area contributed by atoms with Gasteiger partial charge in [0, 0.05) is 0 Å². The van der Waals surface area contributed by atoms with E-state index in [1.807, 2.05) is 5.32 Å². The number of methoxy groups -OCH3 is 1. The van der Waals surface area contributed by atoms with Crippen molar-refractivity contribution in [1.82, 2.24) is 5.32 Å². The third-order valence-corrected chi connectivity index (χ3v) is 5.39. The number of carbonyl (C=O) groups is 3. The average molecular weight is 558 g/mol. The highest BCUT2D eigenvalue weighted by Gasteiger charge is 2.39. The van der Waals surface area contributed by atoms with E-state index in [1.165, 1.54) is 19.2 Å². The molecule has 1 aliphatic rings. The van der Waals surface area contributed by atoms with Gasteiger partial charge in [0.05, 0.1) is 27.9 Å². The maximum absolute atomic E-state index is 13.2. The summed E-state index contributed by atoms with van der Waals surface area (Å²) in [6.07, 6.45) is 1.57. The minimum Gasteiger partial charge on any atom is -0.493 e. The van der Waals surface area contributed by atoms with Crippen molar-refractivity contribution in [3.8, 4) is 23.8 Å². The summed E-state index contributed by atoms with van der Waals surface area (Å²) in [6.45, 7) is -0.0505. The van der Waals surface area contributed by atoms with E-state index in [2.05, 4.69) is 21.9 Å². The third-order valence-electron chi connectivity index (χ3n) is 4.48. The monoisotopic (exact) mass is 556 g/mol. The Balaban J connectivity index is 2.07. The Hall–Kier alpha value is -3.49. The summed E-state index contributed by atoms with van der Waals surface area (Å²) < 4.78 is 50.5. The van der Waals surface area contributed by atoms with Gasteiger partial charge in [0.2, 0.25) is 0 Å². The predicted octanol–water partition coefficient (Wildman–Crippen LogP) is 4.81. The first-order chi connectivity index (χ1) is 16.0. The van der Waals surface area contributed by atoms with E-state index in [0.29, 0.717) is 21.5 Å². The van der Waals surface area contributed by atoms with Gasteiger partial charge in [0.1, 0.15) is 12.2 Å². The van der Waals surface area contributed by atoms with Crippen molar-refractivity contribution < 1.29 is 37.0 Å². The number of carbonyl (C=O) groups excluding carboxylic acids is 3. The molecule has 1 saturated heterocycles. The fourth-order valence-electron chi connectivity index (χ4n) is 2.98. The Kier molecular flexibility index (Phi) is 7.24. The van der Waals surface area contributed by atoms with Gasteiger partial charge in [0.25, 0.3) is 11.8 Å². The summed E-state index contributed by atoms with van der Waals surface area (Å²) >= 11 is 9.26. The Morgan fingerprint density at radius 3 is 2.56 bits per heavy atom. The van der Waals surface area contributed by atoms with Crippen molar-refractivity contribution in [2.45, 2.75) is 6.18 Å². The van der Waals surface area contributed by atoms with Crippen LogP contribution in [0.1, 0.15) is 11.1 Å². The van der Waals surface area contributed by atoms with Gasteiger partial charge in [-0.3, -0.25) is 14.9 Å². The first kappa shape index (κ1) is 25.1. The highest BCUT2D eigenvalue weighted by molar-refractivity contribution is 9.10. The molecule has 0 aliphatic carbocycles. The molecule has 12 heteroatoms. The van der Waals surface area contributed by atoms with Crippen LogP contribution in [0.15, 0.2) is 40.4 Å².